The Bertz CT molecular complexity index is 626. The molecule has 1 aromatic rings. The summed E-state index contributed by atoms with van der Waals surface area (Å²) in [6.45, 7) is 5.05. The number of carbonyl (C=O) groups is 2. The molecule has 2 atom stereocenters. The predicted octanol–water partition coefficient (Wildman–Crippen LogP) is 2.07. The van der Waals surface area contributed by atoms with E-state index in [-0.39, 0.29) is 24.4 Å². The van der Waals surface area contributed by atoms with E-state index in [9.17, 15) is 14.7 Å². The molecule has 0 spiro atoms. The molecule has 2 aliphatic rings. The summed E-state index contributed by atoms with van der Waals surface area (Å²) in [5.74, 6) is -0.268. The first kappa shape index (κ1) is 18.7. The van der Waals surface area contributed by atoms with Crippen molar-refractivity contribution in [2.75, 3.05) is 32.7 Å². The highest BCUT2D eigenvalue weighted by atomic mass is 16.3. The average Bonchev–Trinajstić information content (AvgIpc) is 3.20. The second-order valence-electron chi connectivity index (χ2n) is 7.43. The molecule has 6 nitrogen and oxygen atoms in total. The topological polar surface area (TPSA) is 72.9 Å². The number of amides is 3. The molecule has 0 unspecified atom stereocenters. The predicted molar refractivity (Wildman–Crippen MR) is 99.6 cm³/mol. The monoisotopic (exact) mass is 359 g/mol. The Morgan fingerprint density at radius 1 is 1.12 bits per heavy atom. The lowest BCUT2D eigenvalue weighted by molar-refractivity contribution is -0.126. The number of aliphatic hydroxyl groups is 1. The minimum absolute atomic E-state index is 0.0692. The number of likely N-dealkylation sites (tertiary alicyclic amines) is 2. The maximum Gasteiger partial charge on any atom is 0.320 e. The van der Waals surface area contributed by atoms with E-state index in [0.717, 1.165) is 56.4 Å². The molecule has 26 heavy (non-hydrogen) atoms. The Morgan fingerprint density at radius 3 is 2.46 bits per heavy atom. The van der Waals surface area contributed by atoms with Gasteiger partial charge >= 0.3 is 6.03 Å². The van der Waals surface area contributed by atoms with Gasteiger partial charge in [-0.25, -0.2) is 4.79 Å². The van der Waals surface area contributed by atoms with Crippen LogP contribution in [0.5, 0.6) is 0 Å². The first-order valence-electron chi connectivity index (χ1n) is 9.61. The zero-order chi connectivity index (χ0) is 18.5. The third kappa shape index (κ3) is 4.55. The van der Waals surface area contributed by atoms with E-state index in [0.29, 0.717) is 6.54 Å². The van der Waals surface area contributed by atoms with Gasteiger partial charge in [-0.15, -0.1) is 0 Å². The summed E-state index contributed by atoms with van der Waals surface area (Å²) < 4.78 is 0. The van der Waals surface area contributed by atoms with Gasteiger partial charge in [-0.3, -0.25) is 4.79 Å². The third-order valence-electron chi connectivity index (χ3n) is 5.37. The fourth-order valence-electron chi connectivity index (χ4n) is 3.72. The Balaban J connectivity index is 1.49. The number of urea groups is 1. The lowest BCUT2D eigenvalue weighted by Gasteiger charge is -2.34. The van der Waals surface area contributed by atoms with Gasteiger partial charge in [0.1, 0.15) is 0 Å². The molecular formula is C20H29N3O3. The number of rotatable bonds is 4. The fraction of sp³-hybridized carbons (Fsp3) is 0.600. The molecule has 1 aromatic carbocycles. The van der Waals surface area contributed by atoms with Crippen molar-refractivity contribution in [1.29, 1.82) is 0 Å². The van der Waals surface area contributed by atoms with Gasteiger partial charge in [0.05, 0.1) is 12.0 Å². The Hall–Kier alpha value is -2.08. The highest BCUT2D eigenvalue weighted by molar-refractivity contribution is 5.81. The van der Waals surface area contributed by atoms with Gasteiger partial charge in [0.25, 0.3) is 0 Å². The van der Waals surface area contributed by atoms with Crippen LogP contribution in [0.15, 0.2) is 24.3 Å². The van der Waals surface area contributed by atoms with Crippen molar-refractivity contribution in [2.45, 2.75) is 38.7 Å². The van der Waals surface area contributed by atoms with Crippen molar-refractivity contribution in [3.63, 3.8) is 0 Å². The van der Waals surface area contributed by atoms with E-state index in [1.165, 1.54) is 0 Å². The summed E-state index contributed by atoms with van der Waals surface area (Å²) in [5, 5.41) is 13.1. The Labute approximate surface area is 155 Å². The van der Waals surface area contributed by atoms with E-state index in [1.807, 2.05) is 41.0 Å². The number of nitrogens with one attached hydrogen (secondary N) is 1. The van der Waals surface area contributed by atoms with E-state index in [1.54, 1.807) is 0 Å². The van der Waals surface area contributed by atoms with E-state index in [4.69, 9.17) is 0 Å². The molecule has 142 valence electrons. The smallest absolute Gasteiger partial charge is 0.320 e. The number of piperidine rings is 1. The summed E-state index contributed by atoms with van der Waals surface area (Å²) in [6.07, 6.45) is 3.06. The van der Waals surface area contributed by atoms with E-state index >= 15 is 0 Å². The first-order chi connectivity index (χ1) is 12.5. The number of aliphatic hydroxyl groups excluding tert-OH is 1. The molecule has 2 N–H and O–H groups in total. The standard InChI is InChI=1S/C20H29N3O3/c1-15-6-8-16(9-7-15)18(24)13-21-19(25)17-5-4-12-23(14-17)20(26)22-10-2-3-11-22/h6-9,17-18,24H,2-5,10-14H2,1H3,(H,21,25)/t17-,18-/m1/s1. The number of benzene rings is 1. The minimum Gasteiger partial charge on any atom is -0.387 e. The van der Waals surface area contributed by atoms with E-state index in [2.05, 4.69) is 5.32 Å². The van der Waals surface area contributed by atoms with Gasteiger partial charge in [0.15, 0.2) is 0 Å². The largest absolute Gasteiger partial charge is 0.387 e. The second kappa shape index (κ2) is 8.54. The zero-order valence-corrected chi connectivity index (χ0v) is 15.5. The quantitative estimate of drug-likeness (QED) is 0.864. The van der Waals surface area contributed by atoms with Crippen molar-refractivity contribution in [3.8, 4) is 0 Å². The van der Waals surface area contributed by atoms with Gasteiger partial charge in [0, 0.05) is 32.7 Å². The van der Waals surface area contributed by atoms with Crippen LogP contribution in [-0.4, -0.2) is 59.6 Å². The van der Waals surface area contributed by atoms with Crippen LogP contribution >= 0.6 is 0 Å². The van der Waals surface area contributed by atoms with Crippen molar-refractivity contribution < 1.29 is 14.7 Å². The second-order valence-corrected chi connectivity index (χ2v) is 7.43. The van der Waals surface area contributed by atoms with Crippen LogP contribution in [0.3, 0.4) is 0 Å². The molecule has 6 heteroatoms. The molecule has 2 aliphatic heterocycles. The highest BCUT2D eigenvalue weighted by Gasteiger charge is 2.31. The molecule has 2 saturated heterocycles. The van der Waals surface area contributed by atoms with Crippen LogP contribution in [0.1, 0.15) is 42.9 Å². The number of carbonyl (C=O) groups excluding carboxylic acids is 2. The maximum atomic E-state index is 12.5. The van der Waals surface area contributed by atoms with Crippen molar-refractivity contribution in [2.24, 2.45) is 5.92 Å². The Morgan fingerprint density at radius 2 is 1.77 bits per heavy atom. The summed E-state index contributed by atoms with van der Waals surface area (Å²) in [5.41, 5.74) is 1.93. The average molecular weight is 359 g/mol. The van der Waals surface area contributed by atoms with Gasteiger partial charge in [-0.05, 0) is 38.2 Å². The van der Waals surface area contributed by atoms with Crippen molar-refractivity contribution >= 4 is 11.9 Å². The van der Waals surface area contributed by atoms with Crippen LogP contribution in [0.2, 0.25) is 0 Å². The molecular weight excluding hydrogens is 330 g/mol. The zero-order valence-electron chi connectivity index (χ0n) is 15.5. The molecule has 3 amide bonds. The van der Waals surface area contributed by atoms with Gasteiger partial charge in [-0.1, -0.05) is 29.8 Å². The summed E-state index contributed by atoms with van der Waals surface area (Å²) in [6, 6.07) is 7.72. The molecule has 0 bridgehead atoms. The lowest BCUT2D eigenvalue weighted by atomic mass is 9.97. The van der Waals surface area contributed by atoms with Crippen LogP contribution < -0.4 is 5.32 Å². The fourth-order valence-corrected chi connectivity index (χ4v) is 3.72. The maximum absolute atomic E-state index is 12.5. The molecule has 2 heterocycles. The number of aryl methyl sites for hydroxylation is 1. The minimum atomic E-state index is -0.717. The lowest BCUT2D eigenvalue weighted by Crippen LogP contribution is -2.49. The SMILES string of the molecule is Cc1ccc([C@H](O)CNC(=O)[C@@H]2CCCN(C(=O)N3CCCC3)C2)cc1. The van der Waals surface area contributed by atoms with Crippen LogP contribution in [-0.2, 0) is 4.79 Å². The Kier molecular flexibility index (Phi) is 6.14. The van der Waals surface area contributed by atoms with Crippen molar-refractivity contribution in [3.05, 3.63) is 35.4 Å². The van der Waals surface area contributed by atoms with Crippen molar-refractivity contribution in [1.82, 2.24) is 15.1 Å². The molecule has 0 radical (unpaired) electrons. The molecule has 3 rings (SSSR count). The first-order valence-corrected chi connectivity index (χ1v) is 9.61. The van der Waals surface area contributed by atoms with Crippen LogP contribution in [0, 0.1) is 12.8 Å². The van der Waals surface area contributed by atoms with Crippen LogP contribution in [0.25, 0.3) is 0 Å². The van der Waals surface area contributed by atoms with Gasteiger partial charge in [0.2, 0.25) is 5.91 Å². The third-order valence-corrected chi connectivity index (χ3v) is 5.37. The number of nitrogens with zero attached hydrogens (tertiary/aromatic N) is 2. The highest BCUT2D eigenvalue weighted by Crippen LogP contribution is 2.20. The van der Waals surface area contributed by atoms with E-state index < -0.39 is 6.10 Å². The van der Waals surface area contributed by atoms with Gasteiger partial charge < -0.3 is 20.2 Å². The molecule has 0 saturated carbocycles. The normalized spacial score (nSPS) is 21.5. The summed E-state index contributed by atoms with van der Waals surface area (Å²) >= 11 is 0. The summed E-state index contributed by atoms with van der Waals surface area (Å²) in [7, 11) is 0. The molecule has 0 aromatic heterocycles. The molecule has 0 aliphatic carbocycles. The summed E-state index contributed by atoms with van der Waals surface area (Å²) in [4.78, 5) is 28.7. The number of hydrogen-bond acceptors (Lipinski definition) is 3. The number of hydrogen-bond donors (Lipinski definition) is 2. The molecule has 2 fully saturated rings. The van der Waals surface area contributed by atoms with Crippen LogP contribution in [0.4, 0.5) is 4.79 Å². The van der Waals surface area contributed by atoms with Gasteiger partial charge in [-0.2, -0.15) is 0 Å².